The fourth-order valence-electron chi connectivity index (χ4n) is 3.05. The maximum Gasteiger partial charge on any atom is 0.280 e. The van der Waals surface area contributed by atoms with Crippen LogP contribution in [-0.2, 0) is 0 Å². The van der Waals surface area contributed by atoms with Gasteiger partial charge in [0.15, 0.2) is 11.5 Å². The van der Waals surface area contributed by atoms with Crippen LogP contribution in [0.15, 0.2) is 27.5 Å². The number of thiophene rings is 1. The molecule has 1 aliphatic heterocycles. The van der Waals surface area contributed by atoms with E-state index >= 15 is 0 Å². The molecular formula is C17H20N6O2S. The summed E-state index contributed by atoms with van der Waals surface area (Å²) < 4.78 is 7.09. The van der Waals surface area contributed by atoms with Gasteiger partial charge in [0.1, 0.15) is 0 Å². The summed E-state index contributed by atoms with van der Waals surface area (Å²) in [5.41, 5.74) is 1.31. The van der Waals surface area contributed by atoms with Crippen LogP contribution in [0.1, 0.15) is 54.8 Å². The van der Waals surface area contributed by atoms with Crippen molar-refractivity contribution in [2.24, 2.45) is 0 Å². The first-order valence-corrected chi connectivity index (χ1v) is 9.63. The maximum atomic E-state index is 12.6. The quantitative estimate of drug-likeness (QED) is 0.699. The smallest absolute Gasteiger partial charge is 0.280 e. The van der Waals surface area contributed by atoms with Crippen LogP contribution in [-0.4, -0.2) is 49.0 Å². The Labute approximate surface area is 154 Å². The van der Waals surface area contributed by atoms with Crippen LogP contribution in [0, 0.1) is 0 Å². The van der Waals surface area contributed by atoms with Gasteiger partial charge in [-0.1, -0.05) is 24.2 Å². The number of amides is 1. The minimum absolute atomic E-state index is 0.0785. The van der Waals surface area contributed by atoms with Gasteiger partial charge in [0.2, 0.25) is 0 Å². The molecule has 0 aliphatic carbocycles. The molecule has 4 rings (SSSR count). The van der Waals surface area contributed by atoms with E-state index in [1.54, 1.807) is 0 Å². The summed E-state index contributed by atoms with van der Waals surface area (Å²) in [4.78, 5) is 18.8. The number of hydrogen-bond donors (Lipinski definition) is 0. The molecular weight excluding hydrogens is 352 g/mol. The molecule has 0 radical (unpaired) electrons. The highest BCUT2D eigenvalue weighted by molar-refractivity contribution is 7.08. The zero-order valence-corrected chi connectivity index (χ0v) is 15.5. The molecule has 0 N–H and O–H groups in total. The predicted octanol–water partition coefficient (Wildman–Crippen LogP) is 2.99. The van der Waals surface area contributed by atoms with Crippen LogP contribution in [0.2, 0.25) is 0 Å². The van der Waals surface area contributed by atoms with Gasteiger partial charge in [-0.25, -0.2) is 4.68 Å². The summed E-state index contributed by atoms with van der Waals surface area (Å²) in [7, 11) is 0. The number of carbonyl (C=O) groups excluding carboxylic acids is 1. The summed E-state index contributed by atoms with van der Waals surface area (Å²) in [5, 5.41) is 16.2. The number of hydrogen-bond acceptors (Lipinski definition) is 7. The number of aromatic nitrogens is 5. The molecule has 0 saturated carbocycles. The topological polar surface area (TPSA) is 89.9 Å². The van der Waals surface area contributed by atoms with Crippen LogP contribution in [0.25, 0.3) is 11.6 Å². The predicted molar refractivity (Wildman–Crippen MR) is 95.9 cm³/mol. The summed E-state index contributed by atoms with van der Waals surface area (Å²) in [6, 6.07) is 1.96. The number of piperidine rings is 1. The third kappa shape index (κ3) is 3.26. The van der Waals surface area contributed by atoms with Crippen LogP contribution < -0.4 is 0 Å². The number of carbonyl (C=O) groups is 1. The minimum atomic E-state index is 0.0785. The molecule has 1 aliphatic rings. The largest absolute Gasteiger partial charge is 0.336 e. The highest BCUT2D eigenvalue weighted by Gasteiger charge is 2.27. The zero-order valence-electron chi connectivity index (χ0n) is 14.7. The molecule has 4 heterocycles. The molecule has 0 unspecified atom stereocenters. The molecule has 26 heavy (non-hydrogen) atoms. The van der Waals surface area contributed by atoms with Gasteiger partial charge >= 0.3 is 0 Å². The van der Waals surface area contributed by atoms with Gasteiger partial charge in [-0.2, -0.15) is 16.3 Å². The molecule has 3 aromatic rings. The molecule has 0 bridgehead atoms. The van der Waals surface area contributed by atoms with Gasteiger partial charge in [-0.15, -0.1) is 5.10 Å². The third-order valence-corrected chi connectivity index (χ3v) is 5.20. The maximum absolute atomic E-state index is 12.6. The lowest BCUT2D eigenvalue weighted by Crippen LogP contribution is -2.40. The number of rotatable bonds is 4. The highest BCUT2D eigenvalue weighted by Crippen LogP contribution is 2.25. The molecule has 1 fully saturated rings. The molecule has 1 saturated heterocycles. The van der Waals surface area contributed by atoms with E-state index in [2.05, 4.69) is 20.5 Å². The number of nitrogens with zero attached hydrogens (tertiary/aromatic N) is 6. The lowest BCUT2D eigenvalue weighted by molar-refractivity contribution is 0.0672. The molecule has 3 aromatic heterocycles. The van der Waals surface area contributed by atoms with Crippen molar-refractivity contribution in [2.45, 2.75) is 38.6 Å². The Morgan fingerprint density at radius 3 is 3.04 bits per heavy atom. The monoisotopic (exact) mass is 372 g/mol. The molecule has 136 valence electrons. The normalized spacial score (nSPS) is 17.8. The van der Waals surface area contributed by atoms with E-state index in [0.29, 0.717) is 24.0 Å². The average molecular weight is 372 g/mol. The Morgan fingerprint density at radius 2 is 2.31 bits per heavy atom. The second kappa shape index (κ2) is 6.99. The van der Waals surface area contributed by atoms with Gasteiger partial charge in [0.25, 0.3) is 11.8 Å². The Hall–Kier alpha value is -2.55. The standard InChI is InChI=1S/C17H20N6O2S/c1-11(2)15-18-16(25-20-15)14-9-23(21-19-14)13-4-3-6-22(8-13)17(24)12-5-7-26-10-12/h5,7,9-11,13H,3-4,6,8H2,1-2H3/t13-/m0/s1. The third-order valence-electron chi connectivity index (χ3n) is 4.51. The van der Waals surface area contributed by atoms with Gasteiger partial charge in [-0.3, -0.25) is 4.79 Å². The van der Waals surface area contributed by atoms with E-state index in [-0.39, 0.29) is 17.9 Å². The molecule has 0 spiro atoms. The summed E-state index contributed by atoms with van der Waals surface area (Å²) in [6.07, 6.45) is 3.71. The van der Waals surface area contributed by atoms with Gasteiger partial charge in [0, 0.05) is 24.4 Å². The van der Waals surface area contributed by atoms with Crippen molar-refractivity contribution in [1.82, 2.24) is 30.0 Å². The zero-order chi connectivity index (χ0) is 18.1. The van der Waals surface area contributed by atoms with Crippen molar-refractivity contribution in [2.75, 3.05) is 13.1 Å². The molecule has 1 atom stereocenters. The molecule has 9 heteroatoms. The first kappa shape index (κ1) is 16.9. The van der Waals surface area contributed by atoms with E-state index < -0.39 is 0 Å². The van der Waals surface area contributed by atoms with Crippen molar-refractivity contribution in [3.8, 4) is 11.6 Å². The van der Waals surface area contributed by atoms with Crippen molar-refractivity contribution < 1.29 is 9.32 Å². The van der Waals surface area contributed by atoms with Crippen molar-refractivity contribution in [1.29, 1.82) is 0 Å². The number of likely N-dealkylation sites (tertiary alicyclic amines) is 1. The molecule has 8 nitrogen and oxygen atoms in total. The van der Waals surface area contributed by atoms with E-state index in [1.807, 2.05) is 46.5 Å². The highest BCUT2D eigenvalue weighted by atomic mass is 32.1. The minimum Gasteiger partial charge on any atom is -0.336 e. The van der Waals surface area contributed by atoms with Gasteiger partial charge in [-0.05, 0) is 24.3 Å². The van der Waals surface area contributed by atoms with Crippen molar-refractivity contribution in [3.05, 3.63) is 34.4 Å². The second-order valence-corrected chi connectivity index (χ2v) is 7.54. The van der Waals surface area contributed by atoms with Crippen LogP contribution >= 0.6 is 11.3 Å². The van der Waals surface area contributed by atoms with Crippen LogP contribution in [0.3, 0.4) is 0 Å². The van der Waals surface area contributed by atoms with E-state index in [1.165, 1.54) is 11.3 Å². The lowest BCUT2D eigenvalue weighted by atomic mass is 10.1. The summed E-state index contributed by atoms with van der Waals surface area (Å²) in [5.74, 6) is 1.30. The second-order valence-electron chi connectivity index (χ2n) is 6.76. The van der Waals surface area contributed by atoms with Crippen molar-refractivity contribution >= 4 is 17.2 Å². The van der Waals surface area contributed by atoms with Gasteiger partial charge in [0.05, 0.1) is 17.8 Å². The van der Waals surface area contributed by atoms with Gasteiger partial charge < -0.3 is 9.42 Å². The SMILES string of the molecule is CC(C)c1noc(-c2cn([C@H]3CCCN(C(=O)c4ccsc4)C3)nn2)n1. The van der Waals surface area contributed by atoms with Crippen LogP contribution in [0.5, 0.6) is 0 Å². The summed E-state index contributed by atoms with van der Waals surface area (Å²) >= 11 is 1.54. The molecule has 0 aromatic carbocycles. The first-order chi connectivity index (χ1) is 12.6. The first-order valence-electron chi connectivity index (χ1n) is 8.69. The Kier molecular flexibility index (Phi) is 4.54. The summed E-state index contributed by atoms with van der Waals surface area (Å²) in [6.45, 7) is 5.41. The van der Waals surface area contributed by atoms with Crippen LogP contribution in [0.4, 0.5) is 0 Å². The average Bonchev–Trinajstić information content (AvgIpc) is 3.42. The Morgan fingerprint density at radius 1 is 1.42 bits per heavy atom. The van der Waals surface area contributed by atoms with E-state index in [9.17, 15) is 4.79 Å². The Bertz CT molecular complexity index is 885. The Balaban J connectivity index is 1.49. The fourth-order valence-corrected chi connectivity index (χ4v) is 3.68. The van der Waals surface area contributed by atoms with E-state index in [0.717, 1.165) is 24.9 Å². The van der Waals surface area contributed by atoms with E-state index in [4.69, 9.17) is 4.52 Å². The fraction of sp³-hybridized carbons (Fsp3) is 0.471. The lowest BCUT2D eigenvalue weighted by Gasteiger charge is -2.32. The molecule has 1 amide bonds. The van der Waals surface area contributed by atoms with Crippen molar-refractivity contribution in [3.63, 3.8) is 0 Å².